The summed E-state index contributed by atoms with van der Waals surface area (Å²) in [6, 6.07) is 6.20. The molecule has 1 nitrogen and oxygen atoms in total. The SMILES string of the molecule is Cc1nc2c(Br)cccc2c(C)c1C. The van der Waals surface area contributed by atoms with E-state index in [9.17, 15) is 0 Å². The molecule has 14 heavy (non-hydrogen) atoms. The van der Waals surface area contributed by atoms with Gasteiger partial charge < -0.3 is 0 Å². The van der Waals surface area contributed by atoms with Crippen LogP contribution in [0.25, 0.3) is 10.9 Å². The molecule has 0 bridgehead atoms. The third-order valence-corrected chi connectivity index (χ3v) is 3.42. The number of pyridine rings is 1. The minimum atomic E-state index is 1.06. The van der Waals surface area contributed by atoms with Crippen LogP contribution in [0.1, 0.15) is 16.8 Å². The van der Waals surface area contributed by atoms with Crippen LogP contribution in [0.4, 0.5) is 0 Å². The molecule has 0 unspecified atom stereocenters. The van der Waals surface area contributed by atoms with Crippen LogP contribution in [-0.2, 0) is 0 Å². The Morgan fingerprint density at radius 3 is 2.50 bits per heavy atom. The topological polar surface area (TPSA) is 12.9 Å². The molecule has 0 N–H and O–H groups in total. The predicted molar refractivity (Wildman–Crippen MR) is 63.7 cm³/mol. The number of rotatable bonds is 0. The summed E-state index contributed by atoms with van der Waals surface area (Å²) in [5.41, 5.74) is 4.79. The van der Waals surface area contributed by atoms with E-state index >= 15 is 0 Å². The second-order valence-electron chi connectivity index (χ2n) is 3.58. The summed E-state index contributed by atoms with van der Waals surface area (Å²) in [5.74, 6) is 0. The molecular formula is C12H12BrN. The highest BCUT2D eigenvalue weighted by molar-refractivity contribution is 9.10. The molecule has 2 aromatic rings. The molecule has 0 aliphatic carbocycles. The van der Waals surface area contributed by atoms with E-state index in [4.69, 9.17) is 0 Å². The summed E-state index contributed by atoms with van der Waals surface area (Å²) in [6.07, 6.45) is 0. The monoisotopic (exact) mass is 249 g/mol. The maximum absolute atomic E-state index is 4.59. The Bertz CT molecular complexity index is 503. The standard InChI is InChI=1S/C12H12BrN/c1-7-8(2)10-5-4-6-11(13)12(10)14-9(7)3/h4-6H,1-3H3. The normalized spacial score (nSPS) is 10.9. The molecule has 0 radical (unpaired) electrons. The third kappa shape index (κ3) is 1.34. The molecule has 1 heterocycles. The van der Waals surface area contributed by atoms with Crippen molar-refractivity contribution in [1.82, 2.24) is 4.98 Å². The van der Waals surface area contributed by atoms with Gasteiger partial charge in [0.15, 0.2) is 0 Å². The highest BCUT2D eigenvalue weighted by Crippen LogP contribution is 2.27. The Morgan fingerprint density at radius 1 is 1.07 bits per heavy atom. The fourth-order valence-electron chi connectivity index (χ4n) is 1.66. The average Bonchev–Trinajstić information content (AvgIpc) is 2.17. The first kappa shape index (κ1) is 9.66. The van der Waals surface area contributed by atoms with Crippen molar-refractivity contribution in [2.24, 2.45) is 0 Å². The van der Waals surface area contributed by atoms with Crippen molar-refractivity contribution in [2.75, 3.05) is 0 Å². The average molecular weight is 250 g/mol. The minimum Gasteiger partial charge on any atom is -0.252 e. The molecule has 0 aliphatic heterocycles. The molecule has 0 amide bonds. The maximum atomic E-state index is 4.59. The van der Waals surface area contributed by atoms with Crippen molar-refractivity contribution < 1.29 is 0 Å². The van der Waals surface area contributed by atoms with E-state index in [0.29, 0.717) is 0 Å². The third-order valence-electron chi connectivity index (χ3n) is 2.78. The van der Waals surface area contributed by atoms with Gasteiger partial charge in [0.2, 0.25) is 0 Å². The molecule has 0 atom stereocenters. The summed E-state index contributed by atoms with van der Waals surface area (Å²) < 4.78 is 1.07. The number of nitrogens with zero attached hydrogens (tertiary/aromatic N) is 1. The number of fused-ring (bicyclic) bond motifs is 1. The fraction of sp³-hybridized carbons (Fsp3) is 0.250. The van der Waals surface area contributed by atoms with Gasteiger partial charge in [0.05, 0.1) is 5.52 Å². The molecule has 1 aromatic heterocycles. The van der Waals surface area contributed by atoms with Crippen LogP contribution in [0.5, 0.6) is 0 Å². The lowest BCUT2D eigenvalue weighted by Crippen LogP contribution is -1.93. The van der Waals surface area contributed by atoms with Crippen LogP contribution in [-0.4, -0.2) is 4.98 Å². The highest BCUT2D eigenvalue weighted by Gasteiger charge is 2.06. The van der Waals surface area contributed by atoms with E-state index in [1.807, 2.05) is 6.07 Å². The second-order valence-corrected chi connectivity index (χ2v) is 4.44. The zero-order valence-electron chi connectivity index (χ0n) is 8.56. The largest absolute Gasteiger partial charge is 0.252 e. The summed E-state index contributed by atoms with van der Waals surface area (Å²) in [7, 11) is 0. The first-order valence-corrected chi connectivity index (χ1v) is 5.42. The van der Waals surface area contributed by atoms with E-state index in [2.05, 4.69) is 53.8 Å². The van der Waals surface area contributed by atoms with E-state index in [-0.39, 0.29) is 0 Å². The number of aromatic nitrogens is 1. The number of hydrogen-bond acceptors (Lipinski definition) is 1. The lowest BCUT2D eigenvalue weighted by molar-refractivity contribution is 1.16. The quantitative estimate of drug-likeness (QED) is 0.690. The zero-order chi connectivity index (χ0) is 10.3. The van der Waals surface area contributed by atoms with Crippen LogP contribution in [0.15, 0.2) is 22.7 Å². The Kier molecular flexibility index (Phi) is 2.31. The van der Waals surface area contributed by atoms with Crippen molar-refractivity contribution in [2.45, 2.75) is 20.8 Å². The molecule has 0 spiro atoms. The summed E-state index contributed by atoms with van der Waals surface area (Å²) >= 11 is 3.53. The van der Waals surface area contributed by atoms with Crippen molar-refractivity contribution in [1.29, 1.82) is 0 Å². The smallest absolute Gasteiger partial charge is 0.0849 e. The van der Waals surface area contributed by atoms with Gasteiger partial charge in [0.1, 0.15) is 0 Å². The maximum Gasteiger partial charge on any atom is 0.0849 e. The molecule has 0 saturated carbocycles. The number of hydrogen-bond donors (Lipinski definition) is 0. The van der Waals surface area contributed by atoms with Crippen molar-refractivity contribution in [3.05, 3.63) is 39.5 Å². The molecule has 0 fully saturated rings. The number of aryl methyl sites for hydroxylation is 2. The Morgan fingerprint density at radius 2 is 1.79 bits per heavy atom. The lowest BCUT2D eigenvalue weighted by atomic mass is 10.0. The van der Waals surface area contributed by atoms with Crippen LogP contribution < -0.4 is 0 Å². The summed E-state index contributed by atoms with van der Waals surface area (Å²) in [4.78, 5) is 4.59. The first-order valence-electron chi connectivity index (χ1n) is 4.63. The molecule has 2 heteroatoms. The van der Waals surface area contributed by atoms with Crippen molar-refractivity contribution in [3.8, 4) is 0 Å². The van der Waals surface area contributed by atoms with Gasteiger partial charge in [-0.15, -0.1) is 0 Å². The molecule has 72 valence electrons. The van der Waals surface area contributed by atoms with Crippen LogP contribution in [0.2, 0.25) is 0 Å². The zero-order valence-corrected chi connectivity index (χ0v) is 10.1. The number of para-hydroxylation sites is 1. The van der Waals surface area contributed by atoms with Crippen LogP contribution in [0.3, 0.4) is 0 Å². The van der Waals surface area contributed by atoms with Gasteiger partial charge in [-0.3, -0.25) is 4.98 Å². The van der Waals surface area contributed by atoms with E-state index < -0.39 is 0 Å². The Labute approximate surface area is 92.3 Å². The highest BCUT2D eigenvalue weighted by atomic mass is 79.9. The number of benzene rings is 1. The van der Waals surface area contributed by atoms with E-state index in [1.165, 1.54) is 16.5 Å². The Hall–Kier alpha value is -0.890. The molecule has 2 rings (SSSR count). The van der Waals surface area contributed by atoms with Crippen molar-refractivity contribution in [3.63, 3.8) is 0 Å². The predicted octanol–water partition coefficient (Wildman–Crippen LogP) is 3.92. The van der Waals surface area contributed by atoms with E-state index in [0.717, 1.165) is 15.7 Å². The summed E-state index contributed by atoms with van der Waals surface area (Å²) in [5, 5.41) is 1.24. The molecule has 0 saturated heterocycles. The first-order chi connectivity index (χ1) is 6.61. The molecular weight excluding hydrogens is 238 g/mol. The van der Waals surface area contributed by atoms with Crippen molar-refractivity contribution >= 4 is 26.8 Å². The second kappa shape index (κ2) is 3.35. The van der Waals surface area contributed by atoms with Crippen LogP contribution in [0, 0.1) is 20.8 Å². The number of halogens is 1. The van der Waals surface area contributed by atoms with Gasteiger partial charge in [-0.25, -0.2) is 0 Å². The minimum absolute atomic E-state index is 1.06. The van der Waals surface area contributed by atoms with Gasteiger partial charge in [0.25, 0.3) is 0 Å². The van der Waals surface area contributed by atoms with Gasteiger partial charge >= 0.3 is 0 Å². The summed E-state index contributed by atoms with van der Waals surface area (Å²) in [6.45, 7) is 6.33. The molecule has 1 aromatic carbocycles. The lowest BCUT2D eigenvalue weighted by Gasteiger charge is -2.09. The van der Waals surface area contributed by atoms with Gasteiger partial charge in [-0.05, 0) is 53.9 Å². The Balaban J connectivity index is 2.98. The fourth-order valence-corrected chi connectivity index (χ4v) is 2.11. The van der Waals surface area contributed by atoms with E-state index in [1.54, 1.807) is 0 Å². The van der Waals surface area contributed by atoms with Crippen LogP contribution >= 0.6 is 15.9 Å². The molecule has 0 aliphatic rings. The van der Waals surface area contributed by atoms with Gasteiger partial charge in [-0.2, -0.15) is 0 Å². The van der Waals surface area contributed by atoms with Gasteiger partial charge in [-0.1, -0.05) is 12.1 Å². The van der Waals surface area contributed by atoms with Gasteiger partial charge in [0, 0.05) is 15.6 Å².